The Bertz CT molecular complexity index is 735. The number of sulfonamides is 1. The summed E-state index contributed by atoms with van der Waals surface area (Å²) in [6.07, 6.45) is 4.20. The summed E-state index contributed by atoms with van der Waals surface area (Å²) in [5, 5.41) is 3.59. The molecule has 2 heterocycles. The third-order valence-electron chi connectivity index (χ3n) is 6.53. The fraction of sp³-hybridized carbons (Fsp3) is 0.684. The minimum Gasteiger partial charge on any atom is -0.311 e. The molecule has 2 bridgehead atoms. The Kier molecular flexibility index (Phi) is 5.94. The van der Waals surface area contributed by atoms with E-state index in [2.05, 4.69) is 12.2 Å². The lowest BCUT2D eigenvalue weighted by atomic mass is 9.95. The van der Waals surface area contributed by atoms with Crippen LogP contribution in [0.4, 0.5) is 0 Å². The second kappa shape index (κ2) is 7.18. The monoisotopic (exact) mass is 386 g/mol. The Morgan fingerprint density at radius 1 is 0.840 bits per heavy atom. The van der Waals surface area contributed by atoms with E-state index in [-0.39, 0.29) is 18.4 Å². The number of rotatable bonds is 3. The zero-order valence-corrected chi connectivity index (χ0v) is 17.8. The van der Waals surface area contributed by atoms with E-state index in [1.807, 2.05) is 27.7 Å². The minimum absolute atomic E-state index is 0. The summed E-state index contributed by atoms with van der Waals surface area (Å²) in [6, 6.07) is 1.07. The lowest BCUT2D eigenvalue weighted by Crippen LogP contribution is -2.48. The largest absolute Gasteiger partial charge is 0.311 e. The second-order valence-electron chi connectivity index (χ2n) is 7.74. The van der Waals surface area contributed by atoms with E-state index in [9.17, 15) is 8.42 Å². The zero-order valence-electron chi connectivity index (χ0n) is 16.1. The molecule has 2 unspecified atom stereocenters. The van der Waals surface area contributed by atoms with Crippen molar-refractivity contribution in [3.63, 3.8) is 0 Å². The number of nitrogens with zero attached hydrogens (tertiary/aromatic N) is 1. The molecule has 25 heavy (non-hydrogen) atoms. The van der Waals surface area contributed by atoms with Crippen molar-refractivity contribution in [1.82, 2.24) is 9.62 Å². The van der Waals surface area contributed by atoms with E-state index in [4.69, 9.17) is 0 Å². The average Bonchev–Trinajstić information content (AvgIpc) is 2.88. The molecule has 0 aromatic heterocycles. The van der Waals surface area contributed by atoms with Crippen molar-refractivity contribution < 1.29 is 8.42 Å². The van der Waals surface area contributed by atoms with Gasteiger partial charge in [-0.1, -0.05) is 0 Å². The number of hydrogen-bond acceptors (Lipinski definition) is 3. The predicted molar refractivity (Wildman–Crippen MR) is 105 cm³/mol. The molecule has 2 saturated heterocycles. The van der Waals surface area contributed by atoms with E-state index in [0.717, 1.165) is 35.1 Å². The minimum atomic E-state index is -3.48. The van der Waals surface area contributed by atoms with Crippen molar-refractivity contribution in [1.29, 1.82) is 0 Å². The van der Waals surface area contributed by atoms with Crippen molar-refractivity contribution in [2.75, 3.05) is 7.05 Å². The molecule has 2 aliphatic rings. The van der Waals surface area contributed by atoms with Crippen LogP contribution in [0.15, 0.2) is 4.90 Å². The first-order valence-electron chi connectivity index (χ1n) is 8.95. The normalized spacial score (nSPS) is 26.0. The van der Waals surface area contributed by atoms with Gasteiger partial charge in [0.2, 0.25) is 10.0 Å². The summed E-state index contributed by atoms with van der Waals surface area (Å²) in [5.74, 6) is 0. The van der Waals surface area contributed by atoms with Crippen LogP contribution in [0.3, 0.4) is 0 Å². The van der Waals surface area contributed by atoms with Gasteiger partial charge in [0.1, 0.15) is 0 Å². The molecule has 2 aliphatic heterocycles. The first-order valence-corrected chi connectivity index (χ1v) is 10.4. The maximum atomic E-state index is 13.4. The van der Waals surface area contributed by atoms with Gasteiger partial charge in [0, 0.05) is 25.2 Å². The van der Waals surface area contributed by atoms with Crippen LogP contribution in [0.5, 0.6) is 0 Å². The highest BCUT2D eigenvalue weighted by molar-refractivity contribution is 7.89. The Morgan fingerprint density at radius 2 is 1.24 bits per heavy atom. The molecule has 0 spiro atoms. The van der Waals surface area contributed by atoms with Crippen molar-refractivity contribution >= 4 is 22.4 Å². The standard InChI is InChI=1S/C19H30N2O2S.ClH/c1-11-12(2)14(4)19(15(5)13(11)3)24(22,23)21(6)18-9-16-7-8-17(10-18)20-16;/h16-18,20H,7-10H2,1-6H3;1H. The molecule has 1 aromatic carbocycles. The summed E-state index contributed by atoms with van der Waals surface area (Å²) in [5.41, 5.74) is 5.19. The van der Waals surface area contributed by atoms with E-state index >= 15 is 0 Å². The van der Waals surface area contributed by atoms with Crippen LogP contribution >= 0.6 is 12.4 Å². The molecule has 2 fully saturated rings. The lowest BCUT2D eigenvalue weighted by Gasteiger charge is -2.35. The summed E-state index contributed by atoms with van der Waals surface area (Å²) in [4.78, 5) is 0.525. The first kappa shape index (κ1) is 20.7. The molecular formula is C19H31ClN2O2S. The number of nitrogens with one attached hydrogen (secondary N) is 1. The Balaban J connectivity index is 0.00000225. The molecule has 4 nitrogen and oxygen atoms in total. The molecule has 1 N–H and O–H groups in total. The zero-order chi connectivity index (χ0) is 17.8. The summed E-state index contributed by atoms with van der Waals surface area (Å²) in [6.45, 7) is 10.0. The van der Waals surface area contributed by atoms with Gasteiger partial charge in [0.05, 0.1) is 4.90 Å². The number of halogens is 1. The first-order chi connectivity index (χ1) is 11.1. The Labute approximate surface area is 158 Å². The number of hydrogen-bond donors (Lipinski definition) is 1. The van der Waals surface area contributed by atoms with Crippen LogP contribution in [0.1, 0.15) is 53.5 Å². The van der Waals surface area contributed by atoms with E-state index in [0.29, 0.717) is 17.0 Å². The fourth-order valence-electron chi connectivity index (χ4n) is 4.52. The number of fused-ring (bicyclic) bond motifs is 2. The van der Waals surface area contributed by atoms with Gasteiger partial charge in [-0.05, 0) is 88.1 Å². The molecule has 0 aliphatic carbocycles. The Morgan fingerprint density at radius 3 is 1.68 bits per heavy atom. The van der Waals surface area contributed by atoms with E-state index in [1.165, 1.54) is 18.4 Å². The topological polar surface area (TPSA) is 49.4 Å². The van der Waals surface area contributed by atoms with Crippen LogP contribution < -0.4 is 5.32 Å². The van der Waals surface area contributed by atoms with Crippen LogP contribution in [0.25, 0.3) is 0 Å². The van der Waals surface area contributed by atoms with Gasteiger partial charge in [-0.2, -0.15) is 4.31 Å². The van der Waals surface area contributed by atoms with Gasteiger partial charge in [0.15, 0.2) is 0 Å². The smallest absolute Gasteiger partial charge is 0.243 e. The van der Waals surface area contributed by atoms with Crippen LogP contribution in [-0.4, -0.2) is 37.9 Å². The average molecular weight is 387 g/mol. The van der Waals surface area contributed by atoms with Gasteiger partial charge < -0.3 is 5.32 Å². The molecule has 6 heteroatoms. The van der Waals surface area contributed by atoms with Crippen molar-refractivity contribution in [3.8, 4) is 0 Å². The highest BCUT2D eigenvalue weighted by Gasteiger charge is 2.39. The Hall–Kier alpha value is -0.620. The van der Waals surface area contributed by atoms with Crippen LogP contribution in [0, 0.1) is 34.6 Å². The molecule has 3 rings (SSSR count). The highest BCUT2D eigenvalue weighted by Crippen LogP contribution is 2.35. The van der Waals surface area contributed by atoms with E-state index in [1.54, 1.807) is 11.4 Å². The van der Waals surface area contributed by atoms with Crippen LogP contribution in [0.2, 0.25) is 0 Å². The molecule has 0 amide bonds. The van der Waals surface area contributed by atoms with Gasteiger partial charge >= 0.3 is 0 Å². The van der Waals surface area contributed by atoms with E-state index < -0.39 is 10.0 Å². The predicted octanol–water partition coefficient (Wildman–Crippen LogP) is 3.55. The number of benzene rings is 1. The molecule has 0 saturated carbocycles. The maximum absolute atomic E-state index is 13.4. The van der Waals surface area contributed by atoms with Crippen LogP contribution in [-0.2, 0) is 10.0 Å². The summed E-state index contributed by atoms with van der Waals surface area (Å²) in [7, 11) is -1.70. The summed E-state index contributed by atoms with van der Waals surface area (Å²) >= 11 is 0. The molecule has 2 atom stereocenters. The number of piperidine rings is 1. The van der Waals surface area contributed by atoms with Crippen molar-refractivity contribution in [3.05, 3.63) is 27.8 Å². The quantitative estimate of drug-likeness (QED) is 0.864. The van der Waals surface area contributed by atoms with Gasteiger partial charge in [0.25, 0.3) is 0 Å². The molecule has 142 valence electrons. The second-order valence-corrected chi connectivity index (χ2v) is 9.67. The maximum Gasteiger partial charge on any atom is 0.243 e. The van der Waals surface area contributed by atoms with Crippen molar-refractivity contribution in [2.45, 2.75) is 83.3 Å². The summed E-state index contributed by atoms with van der Waals surface area (Å²) < 4.78 is 28.5. The SMILES string of the molecule is Cc1c(C)c(C)c(S(=O)(=O)N(C)C2CC3CCC(C2)N3)c(C)c1C.Cl. The lowest BCUT2D eigenvalue weighted by molar-refractivity contribution is 0.251. The molecular weight excluding hydrogens is 356 g/mol. The molecule has 0 radical (unpaired) electrons. The van der Waals surface area contributed by atoms with Gasteiger partial charge in [-0.15, -0.1) is 12.4 Å². The third kappa shape index (κ3) is 3.36. The molecule has 1 aromatic rings. The van der Waals surface area contributed by atoms with Gasteiger partial charge in [-0.3, -0.25) is 0 Å². The van der Waals surface area contributed by atoms with Crippen molar-refractivity contribution in [2.24, 2.45) is 0 Å². The highest BCUT2D eigenvalue weighted by atomic mass is 35.5. The third-order valence-corrected chi connectivity index (χ3v) is 8.72. The van der Waals surface area contributed by atoms with Gasteiger partial charge in [-0.25, -0.2) is 8.42 Å². The fourth-order valence-corrected chi connectivity index (χ4v) is 6.45.